The van der Waals surface area contributed by atoms with E-state index >= 15 is 0 Å². The minimum absolute atomic E-state index is 0.00965. The van der Waals surface area contributed by atoms with Crippen LogP contribution in [0.2, 0.25) is 0 Å². The van der Waals surface area contributed by atoms with E-state index in [1.807, 2.05) is 24.3 Å². The molecule has 4 heterocycles. The molecule has 3 aliphatic rings. The van der Waals surface area contributed by atoms with E-state index in [-0.39, 0.29) is 17.7 Å². The zero-order chi connectivity index (χ0) is 15.8. The quantitative estimate of drug-likeness (QED) is 0.911. The Hall–Kier alpha value is -1.85. The van der Waals surface area contributed by atoms with Crippen LogP contribution in [0.1, 0.15) is 22.5 Å². The molecule has 23 heavy (non-hydrogen) atoms. The standard InChI is InChI=1S/C18H20N2O2S/c21-15-4-2-1-3-13(15)16-5-6-17(23-16)18(22)19-14-11-20-9-7-12(14)8-10-20/h1-6,12,14,21H,7-11H2,(H,19,22)/t14-/m0/s1. The highest BCUT2D eigenvalue weighted by Crippen LogP contribution is 2.34. The number of fused-ring (bicyclic) bond motifs is 3. The average Bonchev–Trinajstić information content (AvgIpc) is 3.06. The minimum Gasteiger partial charge on any atom is -0.507 e. The first kappa shape index (κ1) is 14.7. The molecular weight excluding hydrogens is 308 g/mol. The predicted molar refractivity (Wildman–Crippen MR) is 91.8 cm³/mol. The third-order valence-corrected chi connectivity index (χ3v) is 6.09. The van der Waals surface area contributed by atoms with Crippen LogP contribution >= 0.6 is 11.3 Å². The maximum absolute atomic E-state index is 12.5. The topological polar surface area (TPSA) is 52.6 Å². The summed E-state index contributed by atoms with van der Waals surface area (Å²) in [6, 6.07) is 11.3. The summed E-state index contributed by atoms with van der Waals surface area (Å²) in [4.78, 5) is 16.6. The molecule has 3 saturated heterocycles. The van der Waals surface area contributed by atoms with Gasteiger partial charge in [0.15, 0.2) is 0 Å². The molecule has 2 bridgehead atoms. The largest absolute Gasteiger partial charge is 0.507 e. The van der Waals surface area contributed by atoms with Crippen LogP contribution in [0, 0.1) is 5.92 Å². The van der Waals surface area contributed by atoms with Crippen molar-refractivity contribution in [3.05, 3.63) is 41.3 Å². The van der Waals surface area contributed by atoms with Crippen molar-refractivity contribution >= 4 is 17.2 Å². The van der Waals surface area contributed by atoms with Crippen molar-refractivity contribution < 1.29 is 9.90 Å². The summed E-state index contributed by atoms with van der Waals surface area (Å²) >= 11 is 1.43. The van der Waals surface area contributed by atoms with Gasteiger partial charge in [0.05, 0.1) is 4.88 Å². The Morgan fingerprint density at radius 1 is 1.17 bits per heavy atom. The van der Waals surface area contributed by atoms with Crippen molar-refractivity contribution in [1.29, 1.82) is 0 Å². The zero-order valence-electron chi connectivity index (χ0n) is 12.9. The van der Waals surface area contributed by atoms with Crippen molar-refractivity contribution in [1.82, 2.24) is 10.2 Å². The number of amides is 1. The van der Waals surface area contributed by atoms with E-state index in [2.05, 4.69) is 10.2 Å². The number of para-hydroxylation sites is 1. The molecule has 2 N–H and O–H groups in total. The molecule has 5 rings (SSSR count). The molecule has 0 radical (unpaired) electrons. The third-order valence-electron chi connectivity index (χ3n) is 4.97. The van der Waals surface area contributed by atoms with Gasteiger partial charge in [0, 0.05) is 23.0 Å². The van der Waals surface area contributed by atoms with Crippen LogP contribution in [0.3, 0.4) is 0 Å². The van der Waals surface area contributed by atoms with Gasteiger partial charge in [0.25, 0.3) is 5.91 Å². The first-order chi connectivity index (χ1) is 11.2. The summed E-state index contributed by atoms with van der Waals surface area (Å²) in [7, 11) is 0. The van der Waals surface area contributed by atoms with E-state index < -0.39 is 0 Å². The molecule has 5 heteroatoms. The van der Waals surface area contributed by atoms with Crippen LogP contribution in [-0.4, -0.2) is 41.6 Å². The maximum atomic E-state index is 12.5. The average molecular weight is 328 g/mol. The molecule has 3 aliphatic heterocycles. The number of benzene rings is 1. The number of phenols is 1. The van der Waals surface area contributed by atoms with E-state index in [4.69, 9.17) is 0 Å². The number of carbonyl (C=O) groups excluding carboxylic acids is 1. The van der Waals surface area contributed by atoms with Crippen molar-refractivity contribution in [2.75, 3.05) is 19.6 Å². The highest BCUT2D eigenvalue weighted by atomic mass is 32.1. The van der Waals surface area contributed by atoms with Gasteiger partial charge in [-0.15, -0.1) is 11.3 Å². The number of carbonyl (C=O) groups is 1. The van der Waals surface area contributed by atoms with E-state index in [0.717, 1.165) is 17.0 Å². The third kappa shape index (κ3) is 2.86. The van der Waals surface area contributed by atoms with E-state index in [1.165, 1.54) is 37.3 Å². The number of hydrogen-bond acceptors (Lipinski definition) is 4. The molecule has 120 valence electrons. The summed E-state index contributed by atoms with van der Waals surface area (Å²) in [5.74, 6) is 0.885. The Bertz CT molecular complexity index is 719. The summed E-state index contributed by atoms with van der Waals surface area (Å²) in [5.41, 5.74) is 0.777. The number of nitrogens with one attached hydrogen (secondary N) is 1. The highest BCUT2D eigenvalue weighted by Gasteiger charge is 2.35. The van der Waals surface area contributed by atoms with Gasteiger partial charge in [-0.3, -0.25) is 4.79 Å². The Kier molecular flexibility index (Phi) is 3.83. The van der Waals surface area contributed by atoms with Crippen molar-refractivity contribution in [3.63, 3.8) is 0 Å². The van der Waals surface area contributed by atoms with Crippen molar-refractivity contribution in [3.8, 4) is 16.2 Å². The molecular formula is C18H20N2O2S. The Labute approximate surface area is 139 Å². The zero-order valence-corrected chi connectivity index (χ0v) is 13.7. The second-order valence-corrected chi connectivity index (χ2v) is 7.48. The molecule has 0 spiro atoms. The van der Waals surface area contributed by atoms with Crippen LogP contribution in [0.5, 0.6) is 5.75 Å². The van der Waals surface area contributed by atoms with Crippen LogP contribution in [-0.2, 0) is 0 Å². The van der Waals surface area contributed by atoms with Crippen LogP contribution in [0.4, 0.5) is 0 Å². The van der Waals surface area contributed by atoms with Gasteiger partial charge in [-0.1, -0.05) is 12.1 Å². The predicted octanol–water partition coefficient (Wildman–Crippen LogP) is 2.94. The second-order valence-electron chi connectivity index (χ2n) is 6.40. The minimum atomic E-state index is 0.00965. The molecule has 2 aromatic rings. The number of thiophene rings is 1. The maximum Gasteiger partial charge on any atom is 0.261 e. The Morgan fingerprint density at radius 3 is 2.65 bits per heavy atom. The molecule has 1 aromatic heterocycles. The fourth-order valence-corrected chi connectivity index (χ4v) is 4.60. The summed E-state index contributed by atoms with van der Waals surface area (Å²) in [5, 5.41) is 13.2. The highest BCUT2D eigenvalue weighted by molar-refractivity contribution is 7.17. The second kappa shape index (κ2) is 5.98. The fraction of sp³-hybridized carbons (Fsp3) is 0.389. The SMILES string of the molecule is O=C(N[C@H]1CN2CCC1CC2)c1ccc(-c2ccccc2O)s1. The lowest BCUT2D eigenvalue weighted by atomic mass is 9.84. The summed E-state index contributed by atoms with van der Waals surface area (Å²) in [6.07, 6.45) is 2.39. The van der Waals surface area contributed by atoms with Gasteiger partial charge in [0.2, 0.25) is 0 Å². The number of aromatic hydroxyl groups is 1. The summed E-state index contributed by atoms with van der Waals surface area (Å²) in [6.45, 7) is 3.33. The van der Waals surface area contributed by atoms with Crippen LogP contribution in [0.25, 0.3) is 10.4 Å². The smallest absolute Gasteiger partial charge is 0.261 e. The van der Waals surface area contributed by atoms with Gasteiger partial charge in [-0.05, 0) is 56.1 Å². The molecule has 4 nitrogen and oxygen atoms in total. The first-order valence-corrected chi connectivity index (χ1v) is 8.94. The molecule has 0 saturated carbocycles. The number of hydrogen-bond donors (Lipinski definition) is 2. The summed E-state index contributed by atoms with van der Waals surface area (Å²) < 4.78 is 0. The fourth-order valence-electron chi connectivity index (χ4n) is 3.65. The van der Waals surface area contributed by atoms with Crippen molar-refractivity contribution in [2.45, 2.75) is 18.9 Å². The Morgan fingerprint density at radius 2 is 1.96 bits per heavy atom. The van der Waals surface area contributed by atoms with Gasteiger partial charge < -0.3 is 15.3 Å². The number of phenolic OH excluding ortho intramolecular Hbond substituents is 1. The molecule has 0 aliphatic carbocycles. The lowest BCUT2D eigenvalue weighted by molar-refractivity contribution is 0.0622. The van der Waals surface area contributed by atoms with Gasteiger partial charge in [0.1, 0.15) is 5.75 Å². The lowest BCUT2D eigenvalue weighted by Crippen LogP contribution is -2.57. The number of piperidine rings is 3. The molecule has 1 atom stereocenters. The number of nitrogens with zero attached hydrogens (tertiary/aromatic N) is 1. The normalized spacial score (nSPS) is 26.2. The van der Waals surface area contributed by atoms with Crippen LogP contribution in [0.15, 0.2) is 36.4 Å². The molecule has 3 fully saturated rings. The monoisotopic (exact) mass is 328 g/mol. The van der Waals surface area contributed by atoms with E-state index in [1.54, 1.807) is 12.1 Å². The van der Waals surface area contributed by atoms with Crippen LogP contribution < -0.4 is 5.32 Å². The van der Waals surface area contributed by atoms with Crippen molar-refractivity contribution in [2.24, 2.45) is 5.92 Å². The van der Waals surface area contributed by atoms with E-state index in [9.17, 15) is 9.90 Å². The number of rotatable bonds is 3. The Balaban J connectivity index is 1.48. The lowest BCUT2D eigenvalue weighted by Gasteiger charge is -2.44. The van der Waals surface area contributed by atoms with Gasteiger partial charge in [-0.25, -0.2) is 0 Å². The van der Waals surface area contributed by atoms with Gasteiger partial charge in [-0.2, -0.15) is 0 Å². The van der Waals surface area contributed by atoms with Gasteiger partial charge >= 0.3 is 0 Å². The first-order valence-electron chi connectivity index (χ1n) is 8.12. The molecule has 0 unspecified atom stereocenters. The van der Waals surface area contributed by atoms with E-state index in [0.29, 0.717) is 10.8 Å². The molecule has 1 aromatic carbocycles. The molecule has 1 amide bonds.